The van der Waals surface area contributed by atoms with Crippen LogP contribution in [0.25, 0.3) is 0 Å². The number of rotatable bonds is 6. The molecule has 0 saturated heterocycles. The van der Waals surface area contributed by atoms with E-state index >= 15 is 0 Å². The van der Waals surface area contributed by atoms with Crippen LogP contribution in [0.1, 0.15) is 26.3 Å². The number of hydrogen-bond donors (Lipinski definition) is 3. The van der Waals surface area contributed by atoms with Crippen LogP contribution in [0.2, 0.25) is 0 Å². The molecule has 3 aromatic rings. The maximum atomic E-state index is 11.0. The second kappa shape index (κ2) is 10.3. The smallest absolute Gasteiger partial charge is 0.339 e. The van der Waals surface area contributed by atoms with E-state index < -0.39 is 11.9 Å². The first kappa shape index (κ1) is 20.4. The first-order valence-electron chi connectivity index (χ1n) is 8.26. The summed E-state index contributed by atoms with van der Waals surface area (Å²) in [6, 6.07) is 14.0. The van der Waals surface area contributed by atoms with E-state index in [0.717, 1.165) is 11.3 Å². The van der Waals surface area contributed by atoms with Crippen molar-refractivity contribution in [1.82, 2.24) is 9.97 Å². The third-order valence-corrected chi connectivity index (χ3v) is 3.58. The van der Waals surface area contributed by atoms with E-state index in [4.69, 9.17) is 15.6 Å². The number of ether oxygens (including phenoxy) is 1. The van der Waals surface area contributed by atoms with Crippen LogP contribution in [-0.4, -0.2) is 34.1 Å². The molecule has 0 atom stereocenters. The maximum absolute atomic E-state index is 11.0. The van der Waals surface area contributed by atoms with E-state index in [1.54, 1.807) is 37.7 Å². The fourth-order valence-corrected chi connectivity index (χ4v) is 2.20. The number of nitrogens with zero attached hydrogens (tertiary/aromatic N) is 2. The van der Waals surface area contributed by atoms with Crippen LogP contribution in [-0.2, 0) is 6.54 Å². The van der Waals surface area contributed by atoms with Gasteiger partial charge in [0.15, 0.2) is 0 Å². The highest BCUT2D eigenvalue weighted by atomic mass is 16.5. The summed E-state index contributed by atoms with van der Waals surface area (Å²) in [5, 5.41) is 12.1. The molecule has 0 aliphatic rings. The van der Waals surface area contributed by atoms with Gasteiger partial charge in [-0.1, -0.05) is 12.1 Å². The van der Waals surface area contributed by atoms with Gasteiger partial charge in [-0.05, 0) is 42.0 Å². The normalized spacial score (nSPS) is 9.61. The van der Waals surface area contributed by atoms with Crippen molar-refractivity contribution in [3.63, 3.8) is 0 Å². The average molecular weight is 380 g/mol. The number of primary amides is 1. The Hall–Kier alpha value is -3.94. The van der Waals surface area contributed by atoms with Crippen molar-refractivity contribution in [1.29, 1.82) is 0 Å². The van der Waals surface area contributed by atoms with Crippen molar-refractivity contribution in [2.24, 2.45) is 5.73 Å². The Kier molecular flexibility index (Phi) is 7.47. The fourth-order valence-electron chi connectivity index (χ4n) is 2.20. The lowest BCUT2D eigenvalue weighted by molar-refractivity contribution is 0.0697. The van der Waals surface area contributed by atoms with Crippen LogP contribution < -0.4 is 15.8 Å². The van der Waals surface area contributed by atoms with E-state index in [2.05, 4.69) is 15.3 Å². The number of carboxylic acids is 1. The van der Waals surface area contributed by atoms with Gasteiger partial charge >= 0.3 is 5.97 Å². The van der Waals surface area contributed by atoms with Gasteiger partial charge in [0, 0.05) is 25.1 Å². The van der Waals surface area contributed by atoms with Crippen LogP contribution in [0.5, 0.6) is 5.75 Å². The van der Waals surface area contributed by atoms with Crippen LogP contribution in [0.4, 0.5) is 5.82 Å². The number of aromatic carboxylic acids is 1. The summed E-state index contributed by atoms with van der Waals surface area (Å²) in [6.45, 7) is 0.481. The number of aromatic nitrogens is 2. The molecular weight excluding hydrogens is 360 g/mol. The predicted octanol–water partition coefficient (Wildman–Crippen LogP) is 2.58. The van der Waals surface area contributed by atoms with Crippen molar-refractivity contribution in [2.45, 2.75) is 6.54 Å². The lowest BCUT2D eigenvalue weighted by Crippen LogP contribution is -2.10. The molecule has 144 valence electrons. The molecule has 4 N–H and O–H groups in total. The molecule has 0 unspecified atom stereocenters. The largest absolute Gasteiger partial charge is 0.497 e. The summed E-state index contributed by atoms with van der Waals surface area (Å²) in [5.74, 6) is -0.319. The molecule has 0 aliphatic carbocycles. The van der Waals surface area contributed by atoms with Crippen molar-refractivity contribution >= 4 is 17.7 Å². The summed E-state index contributed by atoms with van der Waals surface area (Å²) in [5.41, 5.74) is 6.52. The highest BCUT2D eigenvalue weighted by Crippen LogP contribution is 2.16. The predicted molar refractivity (Wildman–Crippen MR) is 104 cm³/mol. The number of methoxy groups -OCH3 is 1. The van der Waals surface area contributed by atoms with E-state index in [0.29, 0.717) is 17.9 Å². The zero-order chi connectivity index (χ0) is 20.4. The molecule has 0 bridgehead atoms. The summed E-state index contributed by atoms with van der Waals surface area (Å²) in [6.07, 6.45) is 4.58. The second-order valence-electron chi connectivity index (χ2n) is 5.52. The number of amides is 1. The fraction of sp³-hybridized carbons (Fsp3) is 0.100. The van der Waals surface area contributed by atoms with Gasteiger partial charge in [0.2, 0.25) is 5.91 Å². The van der Waals surface area contributed by atoms with Crippen LogP contribution in [0.3, 0.4) is 0 Å². The molecule has 0 aliphatic heterocycles. The third kappa shape index (κ3) is 6.10. The monoisotopic (exact) mass is 380 g/mol. The van der Waals surface area contributed by atoms with Crippen molar-refractivity contribution in [3.8, 4) is 5.75 Å². The molecule has 1 aromatic carbocycles. The molecule has 3 rings (SSSR count). The minimum Gasteiger partial charge on any atom is -0.497 e. The number of nitrogens with two attached hydrogens (primary N) is 1. The van der Waals surface area contributed by atoms with Gasteiger partial charge in [-0.25, -0.2) is 9.78 Å². The maximum Gasteiger partial charge on any atom is 0.339 e. The van der Waals surface area contributed by atoms with Crippen molar-refractivity contribution in [2.75, 3.05) is 12.4 Å². The van der Waals surface area contributed by atoms with Gasteiger partial charge in [0.05, 0.1) is 12.7 Å². The number of hydrogen-bond acceptors (Lipinski definition) is 6. The van der Waals surface area contributed by atoms with Crippen molar-refractivity contribution in [3.05, 3.63) is 83.8 Å². The van der Waals surface area contributed by atoms with Crippen LogP contribution in [0.15, 0.2) is 67.1 Å². The number of nitrogens with one attached hydrogen (secondary N) is 1. The molecule has 2 heterocycles. The summed E-state index contributed by atoms with van der Waals surface area (Å²) in [4.78, 5) is 29.2. The van der Waals surface area contributed by atoms with Crippen molar-refractivity contribution < 1.29 is 19.4 Å². The SMILES string of the molecule is COc1cccc(CNc2ncccc2C(=O)O)c1.NC(=O)c1cccnc1. The van der Waals surface area contributed by atoms with Gasteiger partial charge < -0.3 is 20.9 Å². The zero-order valence-electron chi connectivity index (χ0n) is 15.2. The standard InChI is InChI=1S/C14H14N2O3.C6H6N2O/c1-19-11-5-2-4-10(8-11)9-16-13-12(14(17)18)6-3-7-15-13;7-6(9)5-2-1-3-8-4-5/h2-8H,9H2,1H3,(H,15,16)(H,17,18);1-4H,(H2,7,9). The van der Waals surface area contributed by atoms with Gasteiger partial charge in [-0.3, -0.25) is 9.78 Å². The summed E-state index contributed by atoms with van der Waals surface area (Å²) in [7, 11) is 1.60. The lowest BCUT2D eigenvalue weighted by atomic mass is 10.2. The molecule has 1 amide bonds. The minimum atomic E-state index is -0.999. The summed E-state index contributed by atoms with van der Waals surface area (Å²) < 4.78 is 5.13. The molecule has 0 spiro atoms. The highest BCUT2D eigenvalue weighted by molar-refractivity contribution is 5.93. The topological polar surface area (TPSA) is 127 Å². The Morgan fingerprint density at radius 1 is 1.14 bits per heavy atom. The first-order chi connectivity index (χ1) is 13.5. The van der Waals surface area contributed by atoms with Gasteiger partial charge in [0.1, 0.15) is 17.1 Å². The van der Waals surface area contributed by atoms with Gasteiger partial charge in [-0.2, -0.15) is 0 Å². The molecule has 28 heavy (non-hydrogen) atoms. The lowest BCUT2D eigenvalue weighted by Gasteiger charge is -2.09. The van der Waals surface area contributed by atoms with E-state index in [9.17, 15) is 9.59 Å². The average Bonchev–Trinajstić information content (AvgIpc) is 2.73. The number of pyridine rings is 2. The number of carboxylic acid groups (broad SMARTS) is 1. The highest BCUT2D eigenvalue weighted by Gasteiger charge is 2.09. The Labute approximate surface area is 162 Å². The molecule has 2 aromatic heterocycles. The Balaban J connectivity index is 0.000000261. The molecule has 0 radical (unpaired) electrons. The zero-order valence-corrected chi connectivity index (χ0v) is 15.2. The first-order valence-corrected chi connectivity index (χ1v) is 8.26. The Morgan fingerprint density at radius 3 is 2.54 bits per heavy atom. The van der Waals surface area contributed by atoms with Crippen LogP contribution >= 0.6 is 0 Å². The number of carbonyl (C=O) groups is 2. The molecule has 0 fully saturated rings. The molecular formula is C20H20N4O4. The van der Waals surface area contributed by atoms with Gasteiger partial charge in [-0.15, -0.1) is 0 Å². The summed E-state index contributed by atoms with van der Waals surface area (Å²) >= 11 is 0. The quantitative estimate of drug-likeness (QED) is 0.600. The number of benzene rings is 1. The van der Waals surface area contributed by atoms with E-state index in [-0.39, 0.29) is 5.56 Å². The van der Waals surface area contributed by atoms with Crippen LogP contribution in [0, 0.1) is 0 Å². The number of carbonyl (C=O) groups excluding carboxylic acids is 1. The Bertz CT molecular complexity index is 932. The van der Waals surface area contributed by atoms with Gasteiger partial charge in [0.25, 0.3) is 0 Å². The molecule has 8 nitrogen and oxygen atoms in total. The second-order valence-corrected chi connectivity index (χ2v) is 5.52. The molecule has 8 heteroatoms. The van der Waals surface area contributed by atoms with E-state index in [1.165, 1.54) is 12.3 Å². The molecule has 0 saturated carbocycles. The number of anilines is 1. The minimum absolute atomic E-state index is 0.158. The third-order valence-electron chi connectivity index (χ3n) is 3.58. The Morgan fingerprint density at radius 2 is 1.93 bits per heavy atom. The van der Waals surface area contributed by atoms with E-state index in [1.807, 2.05) is 24.3 Å².